The highest BCUT2D eigenvalue weighted by Gasteiger charge is 2.23. The van der Waals surface area contributed by atoms with Crippen LogP contribution in [0.25, 0.3) is 0 Å². The van der Waals surface area contributed by atoms with Crippen molar-refractivity contribution in [2.24, 2.45) is 0 Å². The number of piperazine rings is 1. The number of sulfonamides is 1. The summed E-state index contributed by atoms with van der Waals surface area (Å²) in [7, 11) is -3.62. The molecule has 0 atom stereocenters. The van der Waals surface area contributed by atoms with Gasteiger partial charge in [-0.05, 0) is 49.2 Å². The van der Waals surface area contributed by atoms with Gasteiger partial charge >= 0.3 is 0 Å². The number of halogens is 1. The van der Waals surface area contributed by atoms with E-state index in [1.807, 2.05) is 4.90 Å². The van der Waals surface area contributed by atoms with E-state index in [1.165, 1.54) is 28.9 Å². The van der Waals surface area contributed by atoms with Gasteiger partial charge in [0, 0.05) is 49.3 Å². The summed E-state index contributed by atoms with van der Waals surface area (Å²) in [5.74, 6) is -0.0254. The Morgan fingerprint density at radius 2 is 1.76 bits per heavy atom. The summed E-state index contributed by atoms with van der Waals surface area (Å²) in [5, 5.41) is 0. The van der Waals surface area contributed by atoms with Crippen molar-refractivity contribution in [3.8, 4) is 0 Å². The van der Waals surface area contributed by atoms with E-state index in [1.54, 1.807) is 12.1 Å². The van der Waals surface area contributed by atoms with Crippen LogP contribution in [0.2, 0.25) is 0 Å². The minimum atomic E-state index is -3.62. The van der Waals surface area contributed by atoms with Crippen LogP contribution in [0.15, 0.2) is 51.8 Å². The van der Waals surface area contributed by atoms with E-state index >= 15 is 0 Å². The van der Waals surface area contributed by atoms with Crippen molar-refractivity contribution in [3.05, 3.63) is 58.1 Å². The van der Waals surface area contributed by atoms with Gasteiger partial charge < -0.3 is 9.80 Å². The quantitative estimate of drug-likeness (QED) is 0.690. The zero-order chi connectivity index (χ0) is 21.0. The zero-order valence-corrected chi connectivity index (χ0v) is 19.1. The molecule has 2 aromatic rings. The van der Waals surface area contributed by atoms with Gasteiger partial charge in [0.1, 0.15) is 0 Å². The Morgan fingerprint density at radius 3 is 2.45 bits per heavy atom. The molecule has 156 valence electrons. The number of benzene rings is 2. The molecule has 0 saturated carbocycles. The molecule has 0 spiro atoms. The van der Waals surface area contributed by atoms with Crippen molar-refractivity contribution in [2.75, 3.05) is 37.6 Å². The molecular formula is C21H26BrN3O3S. The van der Waals surface area contributed by atoms with E-state index in [4.69, 9.17) is 0 Å². The molecule has 0 aliphatic carbocycles. The SMILES string of the molecule is Cc1cccc(N2CCN(C(=O)CCNS(=O)(=O)c3cccc(Br)c3)CC2)c1C. The van der Waals surface area contributed by atoms with Crippen molar-refractivity contribution >= 4 is 37.5 Å². The number of amides is 1. The maximum Gasteiger partial charge on any atom is 0.240 e. The van der Waals surface area contributed by atoms with Gasteiger partial charge in [-0.15, -0.1) is 0 Å². The van der Waals surface area contributed by atoms with Gasteiger partial charge in [0.25, 0.3) is 0 Å². The van der Waals surface area contributed by atoms with Gasteiger partial charge in [-0.25, -0.2) is 13.1 Å². The molecule has 1 amide bonds. The number of carbonyl (C=O) groups is 1. The summed E-state index contributed by atoms with van der Waals surface area (Å²) in [6.45, 7) is 7.16. The van der Waals surface area contributed by atoms with Gasteiger partial charge in [-0.2, -0.15) is 0 Å². The molecule has 1 N–H and O–H groups in total. The van der Waals surface area contributed by atoms with Crippen LogP contribution in [0, 0.1) is 13.8 Å². The fraction of sp³-hybridized carbons (Fsp3) is 0.381. The van der Waals surface area contributed by atoms with Crippen LogP contribution in [0.1, 0.15) is 17.5 Å². The second-order valence-corrected chi connectivity index (χ2v) is 9.87. The largest absolute Gasteiger partial charge is 0.368 e. The topological polar surface area (TPSA) is 69.7 Å². The van der Waals surface area contributed by atoms with Crippen molar-refractivity contribution in [1.29, 1.82) is 0 Å². The summed E-state index contributed by atoms with van der Waals surface area (Å²) in [6, 6.07) is 12.8. The minimum Gasteiger partial charge on any atom is -0.368 e. The lowest BCUT2D eigenvalue weighted by molar-refractivity contribution is -0.131. The first-order chi connectivity index (χ1) is 13.8. The first-order valence-corrected chi connectivity index (χ1v) is 11.9. The fourth-order valence-corrected chi connectivity index (χ4v) is 5.07. The van der Waals surface area contributed by atoms with Crippen LogP contribution in [-0.2, 0) is 14.8 Å². The first-order valence-electron chi connectivity index (χ1n) is 9.62. The third-order valence-corrected chi connectivity index (χ3v) is 7.24. The van der Waals surface area contributed by atoms with E-state index in [2.05, 4.69) is 57.6 Å². The van der Waals surface area contributed by atoms with E-state index in [0.29, 0.717) is 17.6 Å². The standard InChI is InChI=1S/C21H26BrN3O3S/c1-16-5-3-8-20(17(16)2)24-11-13-25(14-12-24)21(26)9-10-23-29(27,28)19-7-4-6-18(22)15-19/h3-8,15,23H,9-14H2,1-2H3. The molecule has 1 aliphatic heterocycles. The van der Waals surface area contributed by atoms with Crippen molar-refractivity contribution in [3.63, 3.8) is 0 Å². The second kappa shape index (κ2) is 9.28. The minimum absolute atomic E-state index is 0.0254. The maximum atomic E-state index is 12.5. The Labute approximate surface area is 181 Å². The highest BCUT2D eigenvalue weighted by atomic mass is 79.9. The van der Waals surface area contributed by atoms with Crippen molar-refractivity contribution in [2.45, 2.75) is 25.2 Å². The molecular weight excluding hydrogens is 454 g/mol. The average molecular weight is 480 g/mol. The van der Waals surface area contributed by atoms with Crippen molar-refractivity contribution in [1.82, 2.24) is 9.62 Å². The number of rotatable bonds is 6. The molecule has 1 heterocycles. The van der Waals surface area contributed by atoms with Gasteiger partial charge in [0.15, 0.2) is 0 Å². The molecule has 0 aromatic heterocycles. The summed E-state index contributed by atoms with van der Waals surface area (Å²) in [5.41, 5.74) is 3.76. The molecule has 1 fully saturated rings. The predicted octanol–water partition coefficient (Wildman–Crippen LogP) is 3.08. The molecule has 3 rings (SSSR count). The molecule has 1 saturated heterocycles. The molecule has 6 nitrogen and oxygen atoms in total. The maximum absolute atomic E-state index is 12.5. The third kappa shape index (κ3) is 5.38. The highest BCUT2D eigenvalue weighted by Crippen LogP contribution is 2.24. The molecule has 29 heavy (non-hydrogen) atoms. The average Bonchev–Trinajstić information content (AvgIpc) is 2.70. The second-order valence-electron chi connectivity index (χ2n) is 7.19. The smallest absolute Gasteiger partial charge is 0.240 e. The lowest BCUT2D eigenvalue weighted by atomic mass is 10.1. The van der Waals surface area contributed by atoms with Crippen LogP contribution < -0.4 is 9.62 Å². The van der Waals surface area contributed by atoms with Crippen LogP contribution in [0.3, 0.4) is 0 Å². The number of hydrogen-bond donors (Lipinski definition) is 1. The molecule has 2 aromatic carbocycles. The monoisotopic (exact) mass is 479 g/mol. The van der Waals surface area contributed by atoms with Crippen molar-refractivity contribution < 1.29 is 13.2 Å². The van der Waals surface area contributed by atoms with E-state index in [9.17, 15) is 13.2 Å². The number of nitrogens with zero attached hydrogens (tertiary/aromatic N) is 2. The van der Waals surface area contributed by atoms with E-state index in [-0.39, 0.29) is 23.8 Å². The zero-order valence-electron chi connectivity index (χ0n) is 16.7. The van der Waals surface area contributed by atoms with Crippen LogP contribution in [0.4, 0.5) is 5.69 Å². The van der Waals surface area contributed by atoms with Gasteiger partial charge in [0.05, 0.1) is 4.90 Å². The molecule has 8 heteroatoms. The lowest BCUT2D eigenvalue weighted by Crippen LogP contribution is -2.49. The number of nitrogens with one attached hydrogen (secondary N) is 1. The fourth-order valence-electron chi connectivity index (χ4n) is 3.44. The molecule has 0 bridgehead atoms. The van der Waals surface area contributed by atoms with Crippen LogP contribution in [-0.4, -0.2) is 51.9 Å². The Morgan fingerprint density at radius 1 is 1.07 bits per heavy atom. The molecule has 0 unspecified atom stereocenters. The highest BCUT2D eigenvalue weighted by molar-refractivity contribution is 9.10. The Hall–Kier alpha value is -1.90. The molecule has 1 aliphatic rings. The molecule has 0 radical (unpaired) electrons. The van der Waals surface area contributed by atoms with Crippen LogP contribution >= 0.6 is 15.9 Å². The van der Waals surface area contributed by atoms with Gasteiger partial charge in [0.2, 0.25) is 15.9 Å². The Balaban J connectivity index is 1.49. The lowest BCUT2D eigenvalue weighted by Gasteiger charge is -2.37. The predicted molar refractivity (Wildman–Crippen MR) is 119 cm³/mol. The van der Waals surface area contributed by atoms with E-state index < -0.39 is 10.0 Å². The van der Waals surface area contributed by atoms with Crippen LogP contribution in [0.5, 0.6) is 0 Å². The summed E-state index contributed by atoms with van der Waals surface area (Å²) in [6.07, 6.45) is 0.150. The normalized spacial score (nSPS) is 14.9. The summed E-state index contributed by atoms with van der Waals surface area (Å²) in [4.78, 5) is 16.8. The van der Waals surface area contributed by atoms with Gasteiger partial charge in [-0.3, -0.25) is 4.79 Å². The van der Waals surface area contributed by atoms with E-state index in [0.717, 1.165) is 13.1 Å². The number of hydrogen-bond acceptors (Lipinski definition) is 4. The third-order valence-electron chi connectivity index (χ3n) is 5.29. The number of carbonyl (C=O) groups excluding carboxylic acids is 1. The summed E-state index contributed by atoms with van der Waals surface area (Å²) < 4.78 is 27.9. The first kappa shape index (κ1) is 21.8. The van der Waals surface area contributed by atoms with Gasteiger partial charge in [-0.1, -0.05) is 34.1 Å². The Bertz CT molecular complexity index is 986. The number of anilines is 1. The summed E-state index contributed by atoms with van der Waals surface area (Å²) >= 11 is 3.27. The Kier molecular flexibility index (Phi) is 6.97. The number of aryl methyl sites for hydroxylation is 1.